The number of nitrogens with zero attached hydrogens (tertiary/aromatic N) is 2. The number of benzene rings is 1. The Hall–Kier alpha value is 0.374. The molecule has 2 aliphatic heterocycles. The smallest absolute Gasteiger partial charge is 0.0405 e. The van der Waals surface area contributed by atoms with E-state index >= 15 is 0 Å². The Bertz CT molecular complexity index is 384. The average Bonchev–Trinajstić information content (AvgIpc) is 2.38. The van der Waals surface area contributed by atoms with E-state index in [4.69, 9.17) is 17.0 Å². The predicted octanol–water partition coefficient (Wildman–Crippen LogP) is 5.55. The molecule has 2 saturated heterocycles. The zero-order valence-electron chi connectivity index (χ0n) is 12.7. The molecule has 1 aromatic carbocycles. The van der Waals surface area contributed by atoms with Gasteiger partial charge in [-0.2, -0.15) is 0 Å². The second-order valence-corrected chi connectivity index (χ2v) is 6.22. The van der Waals surface area contributed by atoms with Gasteiger partial charge in [0.15, 0.2) is 0 Å². The Morgan fingerprint density at radius 2 is 1.60 bits per heavy atom. The Morgan fingerprint density at radius 3 is 2.10 bits per heavy atom. The van der Waals surface area contributed by atoms with Gasteiger partial charge in [-0.15, -0.1) is 5.69 Å². The molecule has 3 atom stereocenters. The fourth-order valence-electron chi connectivity index (χ4n) is 2.93. The molecule has 2 bridgehead atoms. The average molecular weight is 369 g/mol. The van der Waals surface area contributed by atoms with Crippen molar-refractivity contribution in [3.05, 3.63) is 34.7 Å². The van der Waals surface area contributed by atoms with Crippen molar-refractivity contribution in [2.45, 2.75) is 58.5 Å². The summed E-state index contributed by atoms with van der Waals surface area (Å²) in [4.78, 5) is 0. The van der Waals surface area contributed by atoms with Crippen molar-refractivity contribution in [3.8, 4) is 0 Å². The molecule has 2 unspecified atom stereocenters. The first-order chi connectivity index (χ1) is 9.13. The van der Waals surface area contributed by atoms with E-state index in [2.05, 4.69) is 25.8 Å². The van der Waals surface area contributed by atoms with Crippen LogP contribution in [0.1, 0.15) is 46.5 Å². The largest absolute Gasteiger partial charge is 0.619 e. The zero-order valence-corrected chi connectivity index (χ0v) is 16.3. The number of rotatable bonds is 2. The van der Waals surface area contributed by atoms with Gasteiger partial charge in [0.25, 0.3) is 0 Å². The van der Waals surface area contributed by atoms with Gasteiger partial charge in [0, 0.05) is 37.7 Å². The molecule has 1 saturated carbocycles. The third-order valence-corrected chi connectivity index (χ3v) is 3.95. The van der Waals surface area contributed by atoms with E-state index in [0.29, 0.717) is 12.1 Å². The summed E-state index contributed by atoms with van der Waals surface area (Å²) in [5, 5.41) is 3.07. The second kappa shape index (κ2) is 8.73. The molecular formula is C16H24ClN2Y-. The van der Waals surface area contributed by atoms with Crippen molar-refractivity contribution in [3.63, 3.8) is 0 Å². The van der Waals surface area contributed by atoms with E-state index in [1.807, 2.05) is 24.3 Å². The van der Waals surface area contributed by atoms with Crippen LogP contribution in [0.15, 0.2) is 24.3 Å². The van der Waals surface area contributed by atoms with Crippen molar-refractivity contribution < 1.29 is 32.7 Å². The third-order valence-electron chi connectivity index (χ3n) is 3.70. The van der Waals surface area contributed by atoms with Gasteiger partial charge in [0.05, 0.1) is 0 Å². The molecule has 3 aliphatic rings. The minimum atomic E-state index is 0. The van der Waals surface area contributed by atoms with Gasteiger partial charge in [0.2, 0.25) is 0 Å². The van der Waals surface area contributed by atoms with E-state index in [1.54, 1.807) is 0 Å². The number of piperidine rings is 1. The first-order valence-electron chi connectivity index (χ1n) is 7.39. The van der Waals surface area contributed by atoms with Crippen molar-refractivity contribution >= 4 is 17.3 Å². The molecule has 3 fully saturated rings. The topological polar surface area (TPSA) is 17.3 Å². The van der Waals surface area contributed by atoms with Gasteiger partial charge in [-0.1, -0.05) is 50.9 Å². The summed E-state index contributed by atoms with van der Waals surface area (Å²) in [5.74, 6) is 0.875. The molecular weight excluding hydrogens is 345 g/mol. The van der Waals surface area contributed by atoms with Crippen LogP contribution in [0.2, 0.25) is 5.02 Å². The van der Waals surface area contributed by atoms with E-state index in [1.165, 1.54) is 25.7 Å². The van der Waals surface area contributed by atoms with Crippen LogP contribution in [0.4, 0.5) is 5.69 Å². The van der Waals surface area contributed by atoms with Gasteiger partial charge in [-0.3, -0.25) is 0 Å². The number of hydrogen-bond acceptors (Lipinski definition) is 1. The second-order valence-electron chi connectivity index (χ2n) is 5.78. The fraction of sp³-hybridized carbons (Fsp3) is 0.625. The molecule has 109 valence electrons. The van der Waals surface area contributed by atoms with Gasteiger partial charge < -0.3 is 10.4 Å². The maximum absolute atomic E-state index is 5.86. The Balaban J connectivity index is 0.000000462. The first-order valence-corrected chi connectivity index (χ1v) is 7.77. The van der Waals surface area contributed by atoms with Crippen LogP contribution in [0.25, 0.3) is 5.43 Å². The van der Waals surface area contributed by atoms with E-state index < -0.39 is 0 Å². The molecule has 1 aliphatic carbocycles. The monoisotopic (exact) mass is 368 g/mol. The van der Waals surface area contributed by atoms with E-state index in [-0.39, 0.29) is 32.7 Å². The molecule has 0 aromatic heterocycles. The normalized spacial score (nSPS) is 27.5. The number of fused-ring (bicyclic) bond motifs is 2. The van der Waals surface area contributed by atoms with Crippen LogP contribution < -0.4 is 0 Å². The summed E-state index contributed by atoms with van der Waals surface area (Å²) in [7, 11) is 0. The maximum atomic E-state index is 5.86. The summed E-state index contributed by atoms with van der Waals surface area (Å²) in [5.41, 5.74) is 5.72. The van der Waals surface area contributed by atoms with Crippen molar-refractivity contribution in [2.24, 2.45) is 5.92 Å². The molecule has 1 radical (unpaired) electrons. The van der Waals surface area contributed by atoms with Crippen molar-refractivity contribution in [1.82, 2.24) is 5.01 Å². The Labute approximate surface area is 153 Å². The minimum absolute atomic E-state index is 0. The summed E-state index contributed by atoms with van der Waals surface area (Å²) in [6, 6.07) is 9.14. The van der Waals surface area contributed by atoms with Gasteiger partial charge in [0.1, 0.15) is 0 Å². The third kappa shape index (κ3) is 4.69. The van der Waals surface area contributed by atoms with Crippen LogP contribution in [0, 0.1) is 5.92 Å². The minimum Gasteiger partial charge on any atom is -0.619 e. The van der Waals surface area contributed by atoms with Crippen LogP contribution in [-0.4, -0.2) is 17.1 Å². The molecule has 0 amide bonds. The summed E-state index contributed by atoms with van der Waals surface area (Å²) in [6.07, 6.45) is 5.18. The molecule has 20 heavy (non-hydrogen) atoms. The molecule has 1 aromatic rings. The summed E-state index contributed by atoms with van der Waals surface area (Å²) >= 11 is 5.86. The standard InChI is InChI=1S/C13H16ClN2.C3H8.Y/c1-9-6-12-8-13(7-9)16(12)15-11-4-2-10(14)3-5-11;1-3-2;/h2-5,9,12-13H,6-8H2,1H3;3H2,1-2H3;/q-1;;/t9?,12-,13?;;/m1../s1. The number of hydrogen-bond donors (Lipinski definition) is 0. The predicted molar refractivity (Wildman–Crippen MR) is 82.9 cm³/mol. The molecule has 4 heteroatoms. The van der Waals surface area contributed by atoms with Crippen LogP contribution in [-0.2, 0) is 32.7 Å². The maximum Gasteiger partial charge on any atom is 0.0405 e. The van der Waals surface area contributed by atoms with E-state index in [0.717, 1.165) is 16.6 Å². The molecule has 2 nitrogen and oxygen atoms in total. The van der Waals surface area contributed by atoms with E-state index in [9.17, 15) is 0 Å². The molecule has 4 rings (SSSR count). The van der Waals surface area contributed by atoms with Crippen LogP contribution in [0.5, 0.6) is 0 Å². The number of halogens is 1. The molecule has 2 heterocycles. The molecule has 0 N–H and O–H groups in total. The van der Waals surface area contributed by atoms with Gasteiger partial charge >= 0.3 is 0 Å². The zero-order chi connectivity index (χ0) is 13.8. The summed E-state index contributed by atoms with van der Waals surface area (Å²) in [6.45, 7) is 6.60. The first kappa shape index (κ1) is 18.4. The van der Waals surface area contributed by atoms with Gasteiger partial charge in [-0.25, -0.2) is 0 Å². The fourth-order valence-corrected chi connectivity index (χ4v) is 3.05. The van der Waals surface area contributed by atoms with Crippen LogP contribution >= 0.6 is 11.6 Å². The van der Waals surface area contributed by atoms with Crippen LogP contribution in [0.3, 0.4) is 0 Å². The quantitative estimate of drug-likeness (QED) is 0.669. The van der Waals surface area contributed by atoms with Gasteiger partial charge in [-0.05, 0) is 49.4 Å². The van der Waals surface area contributed by atoms with Crippen molar-refractivity contribution in [2.75, 3.05) is 0 Å². The Morgan fingerprint density at radius 1 is 1.10 bits per heavy atom. The summed E-state index contributed by atoms with van der Waals surface area (Å²) < 4.78 is 0. The molecule has 0 spiro atoms. The van der Waals surface area contributed by atoms with Crippen molar-refractivity contribution in [1.29, 1.82) is 0 Å². The Kier molecular flexibility index (Phi) is 8.04. The SMILES string of the molecule is CC1CC2C[C@@H](C1)N2[N-]c1ccc(Cl)cc1.CCC.[Y].